The minimum atomic E-state index is -0.215. The van der Waals surface area contributed by atoms with Crippen molar-refractivity contribution in [1.82, 2.24) is 4.98 Å². The van der Waals surface area contributed by atoms with Crippen molar-refractivity contribution < 1.29 is 9.53 Å². The summed E-state index contributed by atoms with van der Waals surface area (Å²) in [6.07, 6.45) is 1.61. The molecule has 4 nitrogen and oxygen atoms in total. The van der Waals surface area contributed by atoms with Gasteiger partial charge in [-0.05, 0) is 19.1 Å². The van der Waals surface area contributed by atoms with Gasteiger partial charge in [-0.2, -0.15) is 0 Å². The summed E-state index contributed by atoms with van der Waals surface area (Å²) < 4.78 is 4.79. The third-order valence-corrected chi connectivity index (χ3v) is 2.38. The van der Waals surface area contributed by atoms with Gasteiger partial charge in [0.2, 0.25) is 0 Å². The lowest BCUT2D eigenvalue weighted by molar-refractivity contribution is -0.139. The molecule has 0 aliphatic carbocycles. The molecule has 0 bridgehead atoms. The van der Waals surface area contributed by atoms with Crippen LogP contribution in [0.5, 0.6) is 0 Å². The van der Waals surface area contributed by atoms with E-state index >= 15 is 0 Å². The molecule has 0 aliphatic heterocycles. The zero-order valence-corrected chi connectivity index (χ0v) is 8.71. The highest BCUT2D eigenvalue weighted by atomic mass is 32.2. The van der Waals surface area contributed by atoms with Crippen molar-refractivity contribution in [2.45, 2.75) is 11.8 Å². The van der Waals surface area contributed by atoms with Gasteiger partial charge in [-0.3, -0.25) is 4.79 Å². The van der Waals surface area contributed by atoms with Gasteiger partial charge in [0.1, 0.15) is 5.82 Å². The second-order valence-electron chi connectivity index (χ2n) is 2.51. The molecule has 0 fully saturated rings. The lowest BCUT2D eigenvalue weighted by Crippen LogP contribution is -2.06. The quantitative estimate of drug-likeness (QED) is 0.602. The molecule has 0 saturated carbocycles. The van der Waals surface area contributed by atoms with E-state index in [9.17, 15) is 4.79 Å². The lowest BCUT2D eigenvalue weighted by atomic mass is 10.5. The summed E-state index contributed by atoms with van der Waals surface area (Å²) in [5.74, 6) is 0.545. The molecular weight excluding hydrogens is 200 g/mol. The van der Waals surface area contributed by atoms with Crippen LogP contribution in [0.4, 0.5) is 5.82 Å². The molecule has 2 N–H and O–H groups in total. The van der Waals surface area contributed by atoms with E-state index in [1.807, 2.05) is 0 Å². The first-order chi connectivity index (χ1) is 6.72. The highest BCUT2D eigenvalue weighted by Gasteiger charge is 2.02. The number of rotatable bonds is 4. The Morgan fingerprint density at radius 1 is 1.71 bits per heavy atom. The monoisotopic (exact) mass is 212 g/mol. The average Bonchev–Trinajstić information content (AvgIpc) is 2.15. The maximum atomic E-state index is 11.0. The van der Waals surface area contributed by atoms with Crippen LogP contribution >= 0.6 is 11.8 Å². The SMILES string of the molecule is CCOC(=O)CSc1ccnc(N)c1. The molecule has 0 aliphatic rings. The van der Waals surface area contributed by atoms with Gasteiger partial charge in [-0.1, -0.05) is 0 Å². The first-order valence-electron chi connectivity index (χ1n) is 4.22. The van der Waals surface area contributed by atoms with E-state index in [1.165, 1.54) is 11.8 Å². The minimum Gasteiger partial charge on any atom is -0.465 e. The van der Waals surface area contributed by atoms with Gasteiger partial charge < -0.3 is 10.5 Å². The number of nitrogen functional groups attached to an aromatic ring is 1. The van der Waals surface area contributed by atoms with Gasteiger partial charge in [0.25, 0.3) is 0 Å². The maximum absolute atomic E-state index is 11.0. The molecule has 0 atom stereocenters. The van der Waals surface area contributed by atoms with Crippen molar-refractivity contribution in [3.05, 3.63) is 18.3 Å². The summed E-state index contributed by atoms with van der Waals surface area (Å²) in [5, 5.41) is 0. The molecule has 0 saturated heterocycles. The summed E-state index contributed by atoms with van der Waals surface area (Å²) >= 11 is 1.39. The first kappa shape index (κ1) is 10.8. The molecule has 5 heteroatoms. The first-order valence-corrected chi connectivity index (χ1v) is 5.21. The van der Waals surface area contributed by atoms with Crippen LogP contribution in [0.1, 0.15) is 6.92 Å². The molecule has 14 heavy (non-hydrogen) atoms. The van der Waals surface area contributed by atoms with E-state index < -0.39 is 0 Å². The predicted octanol–water partition coefficient (Wildman–Crippen LogP) is 1.32. The molecule has 1 aromatic heterocycles. The number of hydrogen-bond acceptors (Lipinski definition) is 5. The van der Waals surface area contributed by atoms with E-state index in [1.54, 1.807) is 25.3 Å². The van der Waals surface area contributed by atoms with Crippen molar-refractivity contribution in [1.29, 1.82) is 0 Å². The van der Waals surface area contributed by atoms with E-state index in [4.69, 9.17) is 10.5 Å². The summed E-state index contributed by atoms with van der Waals surface area (Å²) in [5.41, 5.74) is 5.48. The third-order valence-electron chi connectivity index (χ3n) is 1.41. The van der Waals surface area contributed by atoms with Crippen LogP contribution in [0, 0.1) is 0 Å². The lowest BCUT2D eigenvalue weighted by Gasteiger charge is -2.02. The molecule has 0 spiro atoms. The van der Waals surface area contributed by atoms with Gasteiger partial charge in [0.15, 0.2) is 0 Å². The summed E-state index contributed by atoms with van der Waals surface area (Å²) in [7, 11) is 0. The summed E-state index contributed by atoms with van der Waals surface area (Å²) in [6, 6.07) is 3.53. The average molecular weight is 212 g/mol. The number of esters is 1. The number of hydrogen-bond donors (Lipinski definition) is 1. The molecule has 0 aromatic carbocycles. The standard InChI is InChI=1S/C9H12N2O2S/c1-2-13-9(12)6-14-7-3-4-11-8(10)5-7/h3-5H,2,6H2,1H3,(H2,10,11). The van der Waals surface area contributed by atoms with Gasteiger partial charge in [0.05, 0.1) is 12.4 Å². The van der Waals surface area contributed by atoms with E-state index in [0.717, 1.165) is 4.90 Å². The fourth-order valence-electron chi connectivity index (χ4n) is 0.863. The van der Waals surface area contributed by atoms with Crippen molar-refractivity contribution >= 4 is 23.5 Å². The fraction of sp³-hybridized carbons (Fsp3) is 0.333. The number of aromatic nitrogens is 1. The smallest absolute Gasteiger partial charge is 0.316 e. The van der Waals surface area contributed by atoms with Gasteiger partial charge in [-0.25, -0.2) is 4.98 Å². The zero-order valence-electron chi connectivity index (χ0n) is 7.90. The molecule has 0 radical (unpaired) electrons. The topological polar surface area (TPSA) is 65.2 Å². The van der Waals surface area contributed by atoms with E-state index in [2.05, 4.69) is 4.98 Å². The molecule has 0 amide bonds. The Kier molecular flexibility index (Phi) is 4.25. The van der Waals surface area contributed by atoms with Crippen molar-refractivity contribution in [2.24, 2.45) is 0 Å². The molecular formula is C9H12N2O2S. The number of nitrogens with two attached hydrogens (primary N) is 1. The number of thioether (sulfide) groups is 1. The fourth-order valence-corrected chi connectivity index (χ4v) is 1.59. The van der Waals surface area contributed by atoms with Crippen LogP contribution in [-0.4, -0.2) is 23.3 Å². The second-order valence-corrected chi connectivity index (χ2v) is 3.56. The Morgan fingerprint density at radius 3 is 3.14 bits per heavy atom. The van der Waals surface area contributed by atoms with Crippen LogP contribution in [0.25, 0.3) is 0 Å². The van der Waals surface area contributed by atoms with Crippen molar-refractivity contribution in [3.63, 3.8) is 0 Å². The summed E-state index contributed by atoms with van der Waals surface area (Å²) in [6.45, 7) is 2.20. The Balaban J connectivity index is 2.41. The van der Waals surface area contributed by atoms with E-state index in [0.29, 0.717) is 18.2 Å². The number of pyridine rings is 1. The Bertz CT molecular complexity index is 317. The van der Waals surface area contributed by atoms with Crippen LogP contribution in [0.3, 0.4) is 0 Å². The molecule has 1 aromatic rings. The minimum absolute atomic E-state index is 0.215. The number of nitrogens with zero attached hydrogens (tertiary/aromatic N) is 1. The van der Waals surface area contributed by atoms with Gasteiger partial charge >= 0.3 is 5.97 Å². The highest BCUT2D eigenvalue weighted by molar-refractivity contribution is 8.00. The molecule has 76 valence electrons. The molecule has 0 unspecified atom stereocenters. The molecule has 1 rings (SSSR count). The largest absolute Gasteiger partial charge is 0.465 e. The number of carbonyl (C=O) groups is 1. The number of ether oxygens (including phenoxy) is 1. The Morgan fingerprint density at radius 2 is 2.50 bits per heavy atom. The predicted molar refractivity (Wildman–Crippen MR) is 56.0 cm³/mol. The Labute approximate surface area is 86.8 Å². The maximum Gasteiger partial charge on any atom is 0.316 e. The second kappa shape index (κ2) is 5.49. The number of carbonyl (C=O) groups excluding carboxylic acids is 1. The van der Waals surface area contributed by atoms with Crippen LogP contribution in [0.15, 0.2) is 23.2 Å². The summed E-state index contributed by atoms with van der Waals surface area (Å²) in [4.78, 5) is 15.8. The van der Waals surface area contributed by atoms with Crippen molar-refractivity contribution in [2.75, 3.05) is 18.1 Å². The van der Waals surface area contributed by atoms with Gasteiger partial charge in [-0.15, -0.1) is 11.8 Å². The molecule has 1 heterocycles. The third kappa shape index (κ3) is 3.66. The van der Waals surface area contributed by atoms with Crippen LogP contribution in [-0.2, 0) is 9.53 Å². The zero-order chi connectivity index (χ0) is 10.4. The highest BCUT2D eigenvalue weighted by Crippen LogP contribution is 2.18. The Hall–Kier alpha value is -1.23. The van der Waals surface area contributed by atoms with Crippen LogP contribution < -0.4 is 5.73 Å². The van der Waals surface area contributed by atoms with Gasteiger partial charge in [0, 0.05) is 11.1 Å². The normalized spacial score (nSPS) is 9.79. The van der Waals surface area contributed by atoms with Crippen LogP contribution in [0.2, 0.25) is 0 Å². The number of anilines is 1. The van der Waals surface area contributed by atoms with Crippen molar-refractivity contribution in [3.8, 4) is 0 Å². The van der Waals surface area contributed by atoms with E-state index in [-0.39, 0.29) is 5.97 Å².